The Kier molecular flexibility index (Phi) is 3.84. The minimum atomic E-state index is 0.721. The highest BCUT2D eigenvalue weighted by Gasteiger charge is 2.18. The molecule has 108 valence electrons. The second kappa shape index (κ2) is 5.63. The third-order valence-corrected chi connectivity index (χ3v) is 4.62. The lowest BCUT2D eigenvalue weighted by atomic mass is 10.1. The normalized spacial score (nSPS) is 11.0. The van der Waals surface area contributed by atoms with Crippen LogP contribution in [0.15, 0.2) is 28.7 Å². The van der Waals surface area contributed by atoms with Crippen molar-refractivity contribution in [3.8, 4) is 11.4 Å². The third-order valence-electron chi connectivity index (χ3n) is 3.49. The summed E-state index contributed by atoms with van der Waals surface area (Å²) in [5.74, 6) is 2.43. The van der Waals surface area contributed by atoms with Gasteiger partial charge in [0.2, 0.25) is 0 Å². The first kappa shape index (κ1) is 14.3. The Bertz CT molecular complexity index is 785. The van der Waals surface area contributed by atoms with Crippen molar-refractivity contribution in [1.82, 2.24) is 9.97 Å². The molecule has 0 amide bonds. The van der Waals surface area contributed by atoms with Gasteiger partial charge in [0.15, 0.2) is 5.82 Å². The Balaban J connectivity index is 2.30. The summed E-state index contributed by atoms with van der Waals surface area (Å²) in [4.78, 5) is 9.40. The number of fused-ring (bicyclic) bond motifs is 1. The lowest BCUT2D eigenvalue weighted by Crippen LogP contribution is -2.05. The second-order valence-corrected chi connectivity index (χ2v) is 5.87. The lowest BCUT2D eigenvalue weighted by Gasteiger charge is -2.10. The summed E-state index contributed by atoms with van der Waals surface area (Å²) < 4.78 is 6.90. The van der Waals surface area contributed by atoms with E-state index in [2.05, 4.69) is 39.8 Å². The number of benzene rings is 1. The molecule has 0 aliphatic rings. The van der Waals surface area contributed by atoms with Gasteiger partial charge in [-0.05, 0) is 42.0 Å². The van der Waals surface area contributed by atoms with Crippen LogP contribution >= 0.6 is 22.6 Å². The number of halogens is 1. The average Bonchev–Trinajstić information content (AvgIpc) is 2.83. The van der Waals surface area contributed by atoms with Crippen LogP contribution in [0.3, 0.4) is 0 Å². The quantitative estimate of drug-likeness (QED) is 0.670. The first-order valence-corrected chi connectivity index (χ1v) is 7.96. The molecule has 3 rings (SSSR count). The number of nitrogens with zero attached hydrogens (tertiary/aromatic N) is 2. The predicted molar refractivity (Wildman–Crippen MR) is 93.6 cm³/mol. The monoisotopic (exact) mass is 393 g/mol. The van der Waals surface area contributed by atoms with Crippen LogP contribution in [-0.2, 0) is 6.42 Å². The molecular formula is C16H16IN3O. The Labute approximate surface area is 137 Å². The maximum atomic E-state index is 5.83. The zero-order valence-corrected chi connectivity index (χ0v) is 14.4. The summed E-state index contributed by atoms with van der Waals surface area (Å²) in [6.45, 7) is 4.06. The van der Waals surface area contributed by atoms with Gasteiger partial charge in [-0.2, -0.15) is 0 Å². The van der Waals surface area contributed by atoms with Crippen LogP contribution in [0.4, 0.5) is 5.82 Å². The molecule has 0 radical (unpaired) electrons. The molecule has 0 fully saturated rings. The van der Waals surface area contributed by atoms with Crippen LogP contribution < -0.4 is 5.32 Å². The van der Waals surface area contributed by atoms with Crippen molar-refractivity contribution in [2.24, 2.45) is 0 Å². The number of aromatic nitrogens is 2. The van der Waals surface area contributed by atoms with Gasteiger partial charge in [0.1, 0.15) is 17.2 Å². The third kappa shape index (κ3) is 2.39. The smallest absolute Gasteiger partial charge is 0.166 e. The Morgan fingerprint density at radius 2 is 2.00 bits per heavy atom. The molecule has 0 saturated heterocycles. The molecule has 0 aliphatic heterocycles. The number of para-hydroxylation sites is 1. The summed E-state index contributed by atoms with van der Waals surface area (Å²) in [6.07, 6.45) is 0.872. The summed E-state index contributed by atoms with van der Waals surface area (Å²) in [6, 6.07) is 8.00. The molecule has 3 aromatic rings. The van der Waals surface area contributed by atoms with E-state index < -0.39 is 0 Å². The number of aryl methyl sites for hydroxylation is 2. The lowest BCUT2D eigenvalue weighted by molar-refractivity contribution is 0.579. The highest BCUT2D eigenvalue weighted by molar-refractivity contribution is 14.1. The SMILES string of the molecule is CCc1nc(-c2c(C)oc3ccccc23)nc(NC)c1I. The van der Waals surface area contributed by atoms with E-state index in [1.807, 2.05) is 38.2 Å². The first-order chi connectivity index (χ1) is 10.2. The molecule has 0 saturated carbocycles. The average molecular weight is 393 g/mol. The molecule has 1 aromatic carbocycles. The van der Waals surface area contributed by atoms with E-state index in [1.165, 1.54) is 0 Å². The minimum Gasteiger partial charge on any atom is -0.461 e. The molecule has 2 aromatic heterocycles. The fourth-order valence-electron chi connectivity index (χ4n) is 2.45. The van der Waals surface area contributed by atoms with Crippen LogP contribution in [0.1, 0.15) is 18.4 Å². The molecule has 2 heterocycles. The van der Waals surface area contributed by atoms with Crippen molar-refractivity contribution in [1.29, 1.82) is 0 Å². The molecule has 0 unspecified atom stereocenters. The molecule has 0 bridgehead atoms. The van der Waals surface area contributed by atoms with E-state index in [-0.39, 0.29) is 0 Å². The van der Waals surface area contributed by atoms with Crippen LogP contribution in [0.2, 0.25) is 0 Å². The van der Waals surface area contributed by atoms with E-state index in [9.17, 15) is 0 Å². The highest BCUT2D eigenvalue weighted by Crippen LogP contribution is 2.34. The van der Waals surface area contributed by atoms with E-state index >= 15 is 0 Å². The van der Waals surface area contributed by atoms with Crippen molar-refractivity contribution in [3.05, 3.63) is 39.3 Å². The van der Waals surface area contributed by atoms with E-state index in [1.54, 1.807) is 0 Å². The predicted octanol–water partition coefficient (Wildman–Crippen LogP) is 4.41. The molecule has 5 heteroatoms. The maximum absolute atomic E-state index is 5.83. The Morgan fingerprint density at radius 1 is 1.24 bits per heavy atom. The molecular weight excluding hydrogens is 377 g/mol. The van der Waals surface area contributed by atoms with E-state index in [4.69, 9.17) is 9.40 Å². The van der Waals surface area contributed by atoms with Gasteiger partial charge in [-0.25, -0.2) is 9.97 Å². The Hall–Kier alpha value is -1.63. The van der Waals surface area contributed by atoms with E-state index in [0.717, 1.165) is 49.6 Å². The topological polar surface area (TPSA) is 51.0 Å². The Morgan fingerprint density at radius 3 is 2.71 bits per heavy atom. The molecule has 0 spiro atoms. The molecule has 0 aliphatic carbocycles. The fourth-order valence-corrected chi connectivity index (χ4v) is 3.34. The molecule has 4 nitrogen and oxygen atoms in total. The van der Waals surface area contributed by atoms with Crippen LogP contribution in [0.25, 0.3) is 22.4 Å². The zero-order valence-electron chi connectivity index (χ0n) is 12.2. The van der Waals surface area contributed by atoms with Gasteiger partial charge in [0.25, 0.3) is 0 Å². The number of nitrogens with one attached hydrogen (secondary N) is 1. The summed E-state index contributed by atoms with van der Waals surface area (Å²) in [5.41, 5.74) is 2.90. The van der Waals surface area contributed by atoms with Gasteiger partial charge in [0.05, 0.1) is 14.8 Å². The summed E-state index contributed by atoms with van der Waals surface area (Å²) in [7, 11) is 1.88. The number of furan rings is 1. The van der Waals surface area contributed by atoms with Crippen LogP contribution in [0.5, 0.6) is 0 Å². The zero-order chi connectivity index (χ0) is 15.0. The van der Waals surface area contributed by atoms with Gasteiger partial charge >= 0.3 is 0 Å². The molecule has 1 N–H and O–H groups in total. The van der Waals surface area contributed by atoms with Crippen LogP contribution in [0, 0.1) is 10.5 Å². The van der Waals surface area contributed by atoms with Crippen molar-refractivity contribution in [2.45, 2.75) is 20.3 Å². The van der Waals surface area contributed by atoms with Crippen molar-refractivity contribution >= 4 is 39.4 Å². The number of hydrogen-bond donors (Lipinski definition) is 1. The molecule has 0 atom stereocenters. The molecule has 21 heavy (non-hydrogen) atoms. The number of anilines is 1. The first-order valence-electron chi connectivity index (χ1n) is 6.88. The minimum absolute atomic E-state index is 0.721. The highest BCUT2D eigenvalue weighted by atomic mass is 127. The van der Waals surface area contributed by atoms with Gasteiger partial charge < -0.3 is 9.73 Å². The van der Waals surface area contributed by atoms with Crippen molar-refractivity contribution < 1.29 is 4.42 Å². The largest absolute Gasteiger partial charge is 0.461 e. The van der Waals surface area contributed by atoms with Gasteiger partial charge in [0, 0.05) is 12.4 Å². The van der Waals surface area contributed by atoms with Gasteiger partial charge in [-0.1, -0.05) is 25.1 Å². The van der Waals surface area contributed by atoms with Crippen molar-refractivity contribution in [2.75, 3.05) is 12.4 Å². The van der Waals surface area contributed by atoms with E-state index in [0.29, 0.717) is 0 Å². The number of hydrogen-bond acceptors (Lipinski definition) is 4. The van der Waals surface area contributed by atoms with Gasteiger partial charge in [-0.3, -0.25) is 0 Å². The standard InChI is InChI=1S/C16H16IN3O/c1-4-11-14(17)16(18-3)20-15(19-11)13-9(2)21-12-8-6-5-7-10(12)13/h5-8H,4H2,1-3H3,(H,18,19,20). The second-order valence-electron chi connectivity index (χ2n) is 4.79. The number of rotatable bonds is 3. The van der Waals surface area contributed by atoms with Crippen molar-refractivity contribution in [3.63, 3.8) is 0 Å². The summed E-state index contributed by atoms with van der Waals surface area (Å²) >= 11 is 2.29. The van der Waals surface area contributed by atoms with Gasteiger partial charge in [-0.15, -0.1) is 0 Å². The maximum Gasteiger partial charge on any atom is 0.166 e. The summed E-state index contributed by atoms with van der Waals surface area (Å²) in [5, 5.41) is 4.21. The fraction of sp³-hybridized carbons (Fsp3) is 0.250. The van der Waals surface area contributed by atoms with Crippen LogP contribution in [-0.4, -0.2) is 17.0 Å².